The second kappa shape index (κ2) is 10.4. The first-order valence-electron chi connectivity index (χ1n) is 11.3. The summed E-state index contributed by atoms with van der Waals surface area (Å²) in [6.45, 7) is 0.243. The molecule has 0 bridgehead atoms. The number of ether oxygens (including phenoxy) is 2. The van der Waals surface area contributed by atoms with Crippen LogP contribution in [-0.2, 0) is 26.6 Å². The summed E-state index contributed by atoms with van der Waals surface area (Å²) < 4.78 is 58.5. The molecule has 1 fully saturated rings. The average Bonchev–Trinajstić information content (AvgIpc) is 3.62. The number of halogens is 7. The van der Waals surface area contributed by atoms with Gasteiger partial charge in [-0.1, -0.05) is 40.9 Å². The third-order valence-electron chi connectivity index (χ3n) is 6.37. The Balaban J connectivity index is 1.57. The van der Waals surface area contributed by atoms with Gasteiger partial charge in [0.15, 0.2) is 6.10 Å². The molecule has 3 heterocycles. The molecular formula is C23H19Cl4F3N6O2. The van der Waals surface area contributed by atoms with E-state index in [9.17, 15) is 13.2 Å². The number of benzene rings is 1. The van der Waals surface area contributed by atoms with Crippen LogP contribution in [0, 0.1) is 0 Å². The first-order valence-corrected chi connectivity index (χ1v) is 12.8. The van der Waals surface area contributed by atoms with Gasteiger partial charge in [0.25, 0.3) is 0 Å². The fraction of sp³-hybridized carbons (Fsp3) is 0.391. The molecule has 8 nitrogen and oxygen atoms in total. The predicted molar refractivity (Wildman–Crippen MR) is 134 cm³/mol. The van der Waals surface area contributed by atoms with E-state index >= 15 is 0 Å². The van der Waals surface area contributed by atoms with E-state index in [1.165, 1.54) is 60.1 Å². The van der Waals surface area contributed by atoms with E-state index in [-0.39, 0.29) is 28.6 Å². The van der Waals surface area contributed by atoms with E-state index in [0.717, 1.165) is 11.0 Å². The molecule has 2 aliphatic rings. The highest BCUT2D eigenvalue weighted by Crippen LogP contribution is 2.54. The Morgan fingerprint density at radius 3 is 2.53 bits per heavy atom. The molecule has 202 valence electrons. The van der Waals surface area contributed by atoms with Crippen LogP contribution in [0.3, 0.4) is 0 Å². The van der Waals surface area contributed by atoms with Crippen molar-refractivity contribution in [2.45, 2.75) is 54.5 Å². The lowest BCUT2D eigenvalue weighted by Crippen LogP contribution is -2.57. The Morgan fingerprint density at radius 1 is 1.11 bits per heavy atom. The van der Waals surface area contributed by atoms with Gasteiger partial charge in [0, 0.05) is 20.6 Å². The SMILES string of the molecule is FC(F)(F)C(OC1(n2cncn2)C=CC(Cl)=CC1(Cl)c1ccc(Cl)cc1Cl)C1CCC(Cn2cncn2)O1. The third-order valence-corrected chi connectivity index (χ3v) is 7.74. The number of aromatic nitrogens is 6. The lowest BCUT2D eigenvalue weighted by molar-refractivity contribution is -0.294. The molecule has 1 aliphatic carbocycles. The molecule has 5 rings (SSSR count). The Kier molecular flexibility index (Phi) is 7.53. The van der Waals surface area contributed by atoms with Crippen molar-refractivity contribution in [2.75, 3.05) is 0 Å². The lowest BCUT2D eigenvalue weighted by atomic mass is 9.83. The topological polar surface area (TPSA) is 79.9 Å². The van der Waals surface area contributed by atoms with Gasteiger partial charge in [-0.05, 0) is 43.2 Å². The zero-order valence-corrected chi connectivity index (χ0v) is 22.3. The summed E-state index contributed by atoms with van der Waals surface area (Å²) in [5.74, 6) is 0. The smallest absolute Gasteiger partial charge is 0.370 e. The Bertz CT molecular complexity index is 1340. The third kappa shape index (κ3) is 5.07. The highest BCUT2D eigenvalue weighted by molar-refractivity contribution is 6.37. The molecule has 15 heteroatoms. The van der Waals surface area contributed by atoms with Gasteiger partial charge >= 0.3 is 6.18 Å². The molecule has 0 radical (unpaired) electrons. The monoisotopic (exact) mass is 608 g/mol. The molecule has 5 unspecified atom stereocenters. The van der Waals surface area contributed by atoms with Crippen molar-refractivity contribution < 1.29 is 22.6 Å². The molecule has 3 aromatic rings. The number of rotatable bonds is 7. The molecule has 1 aliphatic heterocycles. The van der Waals surface area contributed by atoms with Crippen LogP contribution in [0.4, 0.5) is 13.2 Å². The summed E-state index contributed by atoms with van der Waals surface area (Å²) in [6, 6.07) is 4.43. The normalized spacial score (nSPS) is 28.4. The van der Waals surface area contributed by atoms with Crippen LogP contribution in [-0.4, -0.2) is 54.0 Å². The van der Waals surface area contributed by atoms with E-state index < -0.39 is 35.1 Å². The lowest BCUT2D eigenvalue weighted by Gasteiger charge is -2.47. The molecule has 38 heavy (non-hydrogen) atoms. The molecule has 2 aromatic heterocycles. The van der Waals surface area contributed by atoms with Crippen LogP contribution in [0.15, 0.2) is 66.8 Å². The van der Waals surface area contributed by atoms with Gasteiger partial charge in [0.1, 0.15) is 30.2 Å². The van der Waals surface area contributed by atoms with Crippen molar-refractivity contribution in [3.63, 3.8) is 0 Å². The molecule has 0 amide bonds. The van der Waals surface area contributed by atoms with Crippen molar-refractivity contribution in [1.29, 1.82) is 0 Å². The molecule has 1 saturated heterocycles. The van der Waals surface area contributed by atoms with Gasteiger partial charge in [-0.25, -0.2) is 14.6 Å². The van der Waals surface area contributed by atoms with Crippen molar-refractivity contribution in [1.82, 2.24) is 29.5 Å². The van der Waals surface area contributed by atoms with Crippen LogP contribution in [0.1, 0.15) is 18.4 Å². The first-order chi connectivity index (χ1) is 18.0. The van der Waals surface area contributed by atoms with Crippen LogP contribution < -0.4 is 0 Å². The van der Waals surface area contributed by atoms with Crippen LogP contribution in [0.5, 0.6) is 0 Å². The minimum atomic E-state index is -4.85. The Hall–Kier alpha value is -2.15. The highest BCUT2D eigenvalue weighted by Gasteiger charge is 2.61. The fourth-order valence-corrected chi connectivity index (χ4v) is 6.05. The summed E-state index contributed by atoms with van der Waals surface area (Å²) in [6.07, 6.45) is 0.503. The molecule has 5 atom stereocenters. The zero-order valence-electron chi connectivity index (χ0n) is 19.3. The maximum absolute atomic E-state index is 14.7. The number of alkyl halides is 4. The van der Waals surface area contributed by atoms with E-state index in [1.54, 1.807) is 0 Å². The molecule has 1 aromatic carbocycles. The Labute approximate surface area is 234 Å². The van der Waals surface area contributed by atoms with Gasteiger partial charge in [-0.15, -0.1) is 11.6 Å². The average molecular weight is 610 g/mol. The van der Waals surface area contributed by atoms with Crippen LogP contribution >= 0.6 is 46.4 Å². The van der Waals surface area contributed by atoms with E-state index in [0.29, 0.717) is 11.4 Å². The number of hydrogen-bond acceptors (Lipinski definition) is 6. The standard InChI is InChI=1S/C23H19Cl4F3N6O2/c24-14-1-3-17(18(26)7-14)21(27)8-15(25)5-6-22(21,36-13-32-11-34-36)38-20(23(28,29)30)19-4-2-16(37-19)9-35-12-31-10-33-35/h1,3,5-8,10-13,16,19-20H,2,4,9H2. The minimum Gasteiger partial charge on any atom is -0.370 e. The van der Waals surface area contributed by atoms with Gasteiger partial charge in [-0.2, -0.15) is 23.4 Å². The van der Waals surface area contributed by atoms with Crippen molar-refractivity contribution >= 4 is 46.4 Å². The molecule has 0 N–H and O–H groups in total. The highest BCUT2D eigenvalue weighted by atomic mass is 35.5. The second-order valence-corrected chi connectivity index (χ2v) is 10.7. The number of allylic oxidation sites excluding steroid dienone is 2. The maximum atomic E-state index is 14.7. The van der Waals surface area contributed by atoms with E-state index in [1.807, 2.05) is 0 Å². The summed E-state index contributed by atoms with van der Waals surface area (Å²) in [4.78, 5) is 5.87. The van der Waals surface area contributed by atoms with E-state index in [2.05, 4.69) is 20.2 Å². The fourth-order valence-electron chi connectivity index (χ4n) is 4.69. The zero-order chi connectivity index (χ0) is 27.1. The molecule has 0 saturated carbocycles. The largest absolute Gasteiger partial charge is 0.417 e. The minimum absolute atomic E-state index is 0.0777. The van der Waals surface area contributed by atoms with Crippen LogP contribution in [0.2, 0.25) is 10.0 Å². The van der Waals surface area contributed by atoms with Gasteiger partial charge in [0.2, 0.25) is 5.72 Å². The summed E-state index contributed by atoms with van der Waals surface area (Å²) >= 11 is 26.1. The number of hydrogen-bond donors (Lipinski definition) is 0. The van der Waals surface area contributed by atoms with E-state index in [4.69, 9.17) is 55.9 Å². The van der Waals surface area contributed by atoms with Crippen molar-refractivity contribution in [3.8, 4) is 0 Å². The van der Waals surface area contributed by atoms with Crippen molar-refractivity contribution in [2.24, 2.45) is 0 Å². The summed E-state index contributed by atoms with van der Waals surface area (Å²) in [5, 5.41) is 8.65. The van der Waals surface area contributed by atoms with Gasteiger partial charge < -0.3 is 9.47 Å². The number of nitrogens with zero attached hydrogens (tertiary/aromatic N) is 6. The van der Waals surface area contributed by atoms with Crippen molar-refractivity contribution in [3.05, 3.63) is 82.4 Å². The first kappa shape index (κ1) is 27.4. The Morgan fingerprint density at radius 2 is 1.87 bits per heavy atom. The summed E-state index contributed by atoms with van der Waals surface area (Å²) in [7, 11) is 0. The second-order valence-electron chi connectivity index (χ2n) is 8.81. The maximum Gasteiger partial charge on any atom is 0.417 e. The quantitative estimate of drug-likeness (QED) is 0.313. The molecular weight excluding hydrogens is 591 g/mol. The predicted octanol–water partition coefficient (Wildman–Crippen LogP) is 5.85. The molecule has 0 spiro atoms. The van der Waals surface area contributed by atoms with Crippen LogP contribution in [0.25, 0.3) is 0 Å². The summed E-state index contributed by atoms with van der Waals surface area (Å²) in [5.41, 5.74) is -1.92. The van der Waals surface area contributed by atoms with Gasteiger partial charge in [-0.3, -0.25) is 4.68 Å². The van der Waals surface area contributed by atoms with Gasteiger partial charge in [0.05, 0.1) is 18.8 Å².